The van der Waals surface area contributed by atoms with Gasteiger partial charge < -0.3 is 9.13 Å². The lowest BCUT2D eigenvalue weighted by Gasteiger charge is -2.19. The Morgan fingerprint density at radius 1 is 0.605 bits per heavy atom. The Morgan fingerprint density at radius 3 is 2.00 bits per heavy atom. The van der Waals surface area contributed by atoms with E-state index in [1.54, 1.807) is 0 Å². The minimum absolute atomic E-state index is 0.0737. The van der Waals surface area contributed by atoms with Crippen LogP contribution in [-0.2, 0) is 11.8 Å². The number of rotatable bonds is 3. The Hall–Kier alpha value is -5.08. The van der Waals surface area contributed by atoms with E-state index < -0.39 is 0 Å². The van der Waals surface area contributed by atoms with Crippen LogP contribution in [0.4, 0.5) is 0 Å². The molecule has 0 radical (unpaired) electrons. The van der Waals surface area contributed by atoms with E-state index in [-0.39, 0.29) is 5.41 Å². The Balaban J connectivity index is 1.37. The van der Waals surface area contributed by atoms with Crippen molar-refractivity contribution < 1.29 is 0 Å². The fraction of sp³-hybridized carbons (Fsp3) is 0.122. The standard InChI is InChI=1S/C41H32N2/c1-41(2)35-25-34-33-18-10-12-20-37(33)42(38(34)26-39(35)43-36-19-11-9-17-29(36)24-40(41)43)32-22-30(27-13-5-3-6-14-27)21-31(23-32)28-15-7-4-8-16-28/h3-9,11-17,19-26H,10,18H2,1-2H3. The summed E-state index contributed by atoms with van der Waals surface area (Å²) in [6.07, 6.45) is 6.83. The molecule has 3 heterocycles. The third kappa shape index (κ3) is 3.53. The molecule has 2 aromatic heterocycles. The third-order valence-electron chi connectivity index (χ3n) is 9.72. The van der Waals surface area contributed by atoms with Crippen molar-refractivity contribution in [3.63, 3.8) is 0 Å². The maximum Gasteiger partial charge on any atom is 0.0558 e. The van der Waals surface area contributed by atoms with Crippen molar-refractivity contribution in [2.45, 2.75) is 32.1 Å². The topological polar surface area (TPSA) is 9.86 Å². The normalized spacial score (nSPS) is 14.7. The van der Waals surface area contributed by atoms with E-state index in [0.717, 1.165) is 12.8 Å². The maximum atomic E-state index is 2.52. The second-order valence-corrected chi connectivity index (χ2v) is 12.6. The van der Waals surface area contributed by atoms with Crippen LogP contribution >= 0.6 is 0 Å². The van der Waals surface area contributed by atoms with Crippen molar-refractivity contribution in [2.75, 3.05) is 0 Å². The van der Waals surface area contributed by atoms with E-state index >= 15 is 0 Å². The highest BCUT2D eigenvalue weighted by atomic mass is 15.1. The zero-order valence-electron chi connectivity index (χ0n) is 24.5. The molecule has 9 rings (SSSR count). The molecular weight excluding hydrogens is 520 g/mol. The van der Waals surface area contributed by atoms with Crippen LogP contribution in [-0.4, -0.2) is 9.13 Å². The Labute approximate surface area is 252 Å². The first-order chi connectivity index (χ1) is 21.1. The summed E-state index contributed by atoms with van der Waals surface area (Å²) in [5, 5.41) is 2.68. The summed E-state index contributed by atoms with van der Waals surface area (Å²) in [5.41, 5.74) is 15.5. The zero-order valence-corrected chi connectivity index (χ0v) is 24.5. The summed E-state index contributed by atoms with van der Waals surface area (Å²) in [6.45, 7) is 4.77. The first-order valence-corrected chi connectivity index (χ1v) is 15.3. The van der Waals surface area contributed by atoms with Gasteiger partial charge in [0.15, 0.2) is 0 Å². The van der Waals surface area contributed by atoms with Gasteiger partial charge in [-0.15, -0.1) is 0 Å². The second kappa shape index (κ2) is 8.96. The average Bonchev–Trinajstić information content (AvgIpc) is 3.67. The number of nitrogens with zero attached hydrogens (tertiary/aromatic N) is 2. The minimum atomic E-state index is -0.0737. The lowest BCUT2D eigenvalue weighted by atomic mass is 9.82. The van der Waals surface area contributed by atoms with Crippen molar-refractivity contribution in [3.05, 3.63) is 150 Å². The van der Waals surface area contributed by atoms with Crippen LogP contribution in [0.15, 0.2) is 127 Å². The van der Waals surface area contributed by atoms with Gasteiger partial charge in [-0.25, -0.2) is 0 Å². The van der Waals surface area contributed by atoms with Crippen LogP contribution in [0, 0.1) is 0 Å². The molecule has 0 saturated carbocycles. The van der Waals surface area contributed by atoms with Crippen molar-refractivity contribution in [1.82, 2.24) is 9.13 Å². The van der Waals surface area contributed by atoms with Crippen LogP contribution in [0.2, 0.25) is 0 Å². The summed E-state index contributed by atoms with van der Waals surface area (Å²) >= 11 is 0. The molecule has 0 fully saturated rings. The first-order valence-electron chi connectivity index (χ1n) is 15.3. The molecule has 1 aliphatic heterocycles. The van der Waals surface area contributed by atoms with Gasteiger partial charge in [-0.3, -0.25) is 0 Å². The van der Waals surface area contributed by atoms with E-state index in [9.17, 15) is 0 Å². The van der Waals surface area contributed by atoms with Crippen molar-refractivity contribution in [1.29, 1.82) is 0 Å². The molecule has 5 aromatic carbocycles. The highest BCUT2D eigenvalue weighted by Gasteiger charge is 2.38. The Bertz CT molecular complexity index is 2180. The Morgan fingerprint density at radius 2 is 1.28 bits per heavy atom. The summed E-state index contributed by atoms with van der Waals surface area (Å²) in [7, 11) is 0. The van der Waals surface area contributed by atoms with E-state index in [2.05, 4.69) is 156 Å². The molecule has 2 nitrogen and oxygen atoms in total. The van der Waals surface area contributed by atoms with Gasteiger partial charge >= 0.3 is 0 Å². The van der Waals surface area contributed by atoms with Crippen LogP contribution < -0.4 is 0 Å². The average molecular weight is 553 g/mol. The van der Waals surface area contributed by atoms with E-state index in [0.29, 0.717) is 0 Å². The summed E-state index contributed by atoms with van der Waals surface area (Å²) < 4.78 is 5.03. The van der Waals surface area contributed by atoms with E-state index in [4.69, 9.17) is 0 Å². The molecule has 1 aliphatic carbocycles. The quantitative estimate of drug-likeness (QED) is 0.206. The lowest BCUT2D eigenvalue weighted by Crippen LogP contribution is -2.15. The van der Waals surface area contributed by atoms with Crippen molar-refractivity contribution >= 4 is 27.9 Å². The molecule has 2 heteroatoms. The Kier molecular flexibility index (Phi) is 5.11. The fourth-order valence-electron chi connectivity index (χ4n) is 7.58. The number of aryl methyl sites for hydroxylation is 1. The number of hydrogen-bond acceptors (Lipinski definition) is 0. The van der Waals surface area contributed by atoms with Gasteiger partial charge in [0.25, 0.3) is 0 Å². The monoisotopic (exact) mass is 552 g/mol. The van der Waals surface area contributed by atoms with Gasteiger partial charge in [-0.1, -0.05) is 98.8 Å². The minimum Gasteiger partial charge on any atom is -0.312 e. The fourth-order valence-corrected chi connectivity index (χ4v) is 7.58. The molecule has 0 bridgehead atoms. The highest BCUT2D eigenvalue weighted by Crippen LogP contribution is 2.49. The molecule has 0 N–H and O–H groups in total. The molecule has 0 spiro atoms. The molecule has 206 valence electrons. The van der Waals surface area contributed by atoms with Crippen LogP contribution in [0.1, 0.15) is 42.8 Å². The molecule has 0 amide bonds. The number of fused-ring (bicyclic) bond motifs is 8. The molecule has 43 heavy (non-hydrogen) atoms. The third-order valence-corrected chi connectivity index (χ3v) is 9.72. The number of hydrogen-bond donors (Lipinski definition) is 0. The van der Waals surface area contributed by atoms with Gasteiger partial charge in [-0.2, -0.15) is 0 Å². The first kappa shape index (κ1) is 24.5. The molecule has 7 aromatic rings. The number of allylic oxidation sites excluding steroid dienone is 1. The summed E-state index contributed by atoms with van der Waals surface area (Å²) in [4.78, 5) is 0. The van der Waals surface area contributed by atoms with Crippen molar-refractivity contribution in [2.24, 2.45) is 0 Å². The van der Waals surface area contributed by atoms with Crippen LogP contribution in [0.3, 0.4) is 0 Å². The molecule has 0 atom stereocenters. The molecule has 0 unspecified atom stereocenters. The van der Waals surface area contributed by atoms with E-state index in [1.165, 1.54) is 77.9 Å². The van der Waals surface area contributed by atoms with Gasteiger partial charge in [0, 0.05) is 33.3 Å². The largest absolute Gasteiger partial charge is 0.312 e. The van der Waals surface area contributed by atoms with Gasteiger partial charge in [-0.05, 0) is 94.8 Å². The predicted octanol–water partition coefficient (Wildman–Crippen LogP) is 10.5. The highest BCUT2D eigenvalue weighted by molar-refractivity contribution is 5.96. The smallest absolute Gasteiger partial charge is 0.0558 e. The zero-order chi connectivity index (χ0) is 28.7. The van der Waals surface area contributed by atoms with Crippen molar-refractivity contribution in [3.8, 4) is 33.6 Å². The van der Waals surface area contributed by atoms with Gasteiger partial charge in [0.1, 0.15) is 0 Å². The number of para-hydroxylation sites is 1. The second-order valence-electron chi connectivity index (χ2n) is 12.6. The van der Waals surface area contributed by atoms with Gasteiger partial charge in [0.05, 0.1) is 16.7 Å². The summed E-state index contributed by atoms with van der Waals surface area (Å²) in [5.74, 6) is 0. The summed E-state index contributed by atoms with van der Waals surface area (Å²) in [6, 6.07) is 44.8. The molecular formula is C41H32N2. The SMILES string of the molecule is CC1(C)c2cc3c4c(n(-c5cc(-c6ccccc6)cc(-c6ccccc6)c5)c3cc2-n2c1cc1ccccc12)C=CCC4. The molecule has 2 aliphatic rings. The van der Waals surface area contributed by atoms with Crippen LogP contribution in [0.25, 0.3) is 61.5 Å². The van der Waals surface area contributed by atoms with Crippen LogP contribution in [0.5, 0.6) is 0 Å². The lowest BCUT2D eigenvalue weighted by molar-refractivity contribution is 0.645. The van der Waals surface area contributed by atoms with E-state index in [1.807, 2.05) is 0 Å². The number of aromatic nitrogens is 2. The van der Waals surface area contributed by atoms with Gasteiger partial charge in [0.2, 0.25) is 0 Å². The predicted molar refractivity (Wildman–Crippen MR) is 180 cm³/mol. The number of benzene rings is 5. The maximum absolute atomic E-state index is 2.52. The molecule has 0 saturated heterocycles.